The summed E-state index contributed by atoms with van der Waals surface area (Å²) in [6.45, 7) is 4.48. The lowest BCUT2D eigenvalue weighted by Crippen LogP contribution is -2.33. The monoisotopic (exact) mass is 243 g/mol. The van der Waals surface area contributed by atoms with Crippen molar-refractivity contribution < 1.29 is 0 Å². The number of imidazole rings is 1. The molecule has 1 aliphatic rings. The van der Waals surface area contributed by atoms with E-state index in [2.05, 4.69) is 26.8 Å². The average molecular weight is 243 g/mol. The molecule has 0 atom stereocenters. The molecule has 94 valence electrons. The molecule has 0 radical (unpaired) electrons. The SMILES string of the molecule is CC1CCN(c2cc(-n3ccnc3)ncn2)CC1. The van der Waals surface area contributed by atoms with Crippen LogP contribution in [0.2, 0.25) is 0 Å². The Labute approximate surface area is 107 Å². The molecule has 0 spiro atoms. The van der Waals surface area contributed by atoms with Gasteiger partial charge in [0.15, 0.2) is 0 Å². The molecule has 0 bridgehead atoms. The highest BCUT2D eigenvalue weighted by Crippen LogP contribution is 2.21. The molecule has 5 nitrogen and oxygen atoms in total. The highest BCUT2D eigenvalue weighted by Gasteiger charge is 2.17. The van der Waals surface area contributed by atoms with Gasteiger partial charge >= 0.3 is 0 Å². The lowest BCUT2D eigenvalue weighted by atomic mass is 9.99. The predicted molar refractivity (Wildman–Crippen MR) is 69.8 cm³/mol. The zero-order valence-corrected chi connectivity index (χ0v) is 10.5. The highest BCUT2D eigenvalue weighted by molar-refractivity contribution is 5.43. The van der Waals surface area contributed by atoms with Gasteiger partial charge in [0.05, 0.1) is 0 Å². The van der Waals surface area contributed by atoms with Crippen LogP contribution in [0.25, 0.3) is 5.82 Å². The maximum Gasteiger partial charge on any atom is 0.143 e. The number of aromatic nitrogens is 4. The van der Waals surface area contributed by atoms with Crippen molar-refractivity contribution >= 4 is 5.82 Å². The molecule has 3 rings (SSSR count). The molecular weight excluding hydrogens is 226 g/mol. The van der Waals surface area contributed by atoms with E-state index in [4.69, 9.17) is 0 Å². The third kappa shape index (κ3) is 2.20. The van der Waals surface area contributed by atoms with E-state index in [1.807, 2.05) is 16.8 Å². The third-order valence-corrected chi connectivity index (χ3v) is 3.51. The minimum atomic E-state index is 0.830. The fourth-order valence-corrected chi connectivity index (χ4v) is 2.28. The second-order valence-corrected chi connectivity index (χ2v) is 4.87. The molecule has 0 aromatic carbocycles. The molecular formula is C13H17N5. The van der Waals surface area contributed by atoms with Crippen molar-refractivity contribution in [1.82, 2.24) is 19.5 Å². The highest BCUT2D eigenvalue weighted by atomic mass is 15.2. The number of anilines is 1. The normalized spacial score (nSPS) is 17.1. The number of hydrogen-bond acceptors (Lipinski definition) is 4. The van der Waals surface area contributed by atoms with E-state index >= 15 is 0 Å². The number of nitrogens with zero attached hydrogens (tertiary/aromatic N) is 5. The predicted octanol–water partition coefficient (Wildman–Crippen LogP) is 1.90. The quantitative estimate of drug-likeness (QED) is 0.808. The Balaban J connectivity index is 1.83. The van der Waals surface area contributed by atoms with Crippen LogP contribution < -0.4 is 4.90 Å². The maximum absolute atomic E-state index is 4.38. The molecule has 18 heavy (non-hydrogen) atoms. The van der Waals surface area contributed by atoms with Gasteiger partial charge < -0.3 is 4.90 Å². The summed E-state index contributed by atoms with van der Waals surface area (Å²) in [5, 5.41) is 0. The Kier molecular flexibility index (Phi) is 2.96. The molecule has 1 fully saturated rings. The molecule has 0 unspecified atom stereocenters. The van der Waals surface area contributed by atoms with Crippen molar-refractivity contribution in [2.75, 3.05) is 18.0 Å². The number of hydrogen-bond donors (Lipinski definition) is 0. The number of piperidine rings is 1. The minimum absolute atomic E-state index is 0.830. The van der Waals surface area contributed by atoms with Crippen LogP contribution in [0.1, 0.15) is 19.8 Å². The van der Waals surface area contributed by atoms with E-state index in [1.165, 1.54) is 12.8 Å². The lowest BCUT2D eigenvalue weighted by Gasteiger charge is -2.31. The lowest BCUT2D eigenvalue weighted by molar-refractivity contribution is 0.436. The van der Waals surface area contributed by atoms with Gasteiger partial charge in [0.25, 0.3) is 0 Å². The first kappa shape index (κ1) is 11.2. The van der Waals surface area contributed by atoms with Crippen LogP contribution in [0.5, 0.6) is 0 Å². The summed E-state index contributed by atoms with van der Waals surface area (Å²) in [5.41, 5.74) is 0. The van der Waals surface area contributed by atoms with Gasteiger partial charge in [-0.25, -0.2) is 15.0 Å². The first-order chi connectivity index (χ1) is 8.83. The van der Waals surface area contributed by atoms with Gasteiger partial charge in [0.2, 0.25) is 0 Å². The Morgan fingerprint density at radius 1 is 1.17 bits per heavy atom. The van der Waals surface area contributed by atoms with Crippen molar-refractivity contribution in [2.45, 2.75) is 19.8 Å². The van der Waals surface area contributed by atoms with Crippen LogP contribution in [0.15, 0.2) is 31.1 Å². The van der Waals surface area contributed by atoms with Crippen molar-refractivity contribution in [1.29, 1.82) is 0 Å². The summed E-state index contributed by atoms with van der Waals surface area (Å²) in [6.07, 6.45) is 9.51. The molecule has 0 aliphatic carbocycles. The Morgan fingerprint density at radius 3 is 2.67 bits per heavy atom. The van der Waals surface area contributed by atoms with Crippen LogP contribution in [-0.2, 0) is 0 Å². The Bertz CT molecular complexity index is 500. The van der Waals surface area contributed by atoms with Gasteiger partial charge in [0, 0.05) is 31.5 Å². The molecule has 0 amide bonds. The van der Waals surface area contributed by atoms with Crippen LogP contribution >= 0.6 is 0 Å². The zero-order chi connectivity index (χ0) is 12.4. The van der Waals surface area contributed by atoms with Crippen LogP contribution in [0.3, 0.4) is 0 Å². The van der Waals surface area contributed by atoms with E-state index < -0.39 is 0 Å². The van der Waals surface area contributed by atoms with E-state index in [-0.39, 0.29) is 0 Å². The van der Waals surface area contributed by atoms with Crippen LogP contribution in [-0.4, -0.2) is 32.6 Å². The van der Waals surface area contributed by atoms with Gasteiger partial charge in [-0.05, 0) is 18.8 Å². The van der Waals surface area contributed by atoms with Gasteiger partial charge in [-0.3, -0.25) is 4.57 Å². The molecule has 2 aromatic rings. The Morgan fingerprint density at radius 2 is 1.94 bits per heavy atom. The summed E-state index contributed by atoms with van der Waals surface area (Å²) >= 11 is 0. The summed E-state index contributed by atoms with van der Waals surface area (Å²) in [5.74, 6) is 2.72. The van der Waals surface area contributed by atoms with E-state index in [1.54, 1.807) is 18.9 Å². The average Bonchev–Trinajstić information content (AvgIpc) is 2.94. The maximum atomic E-state index is 4.38. The molecule has 0 N–H and O–H groups in total. The van der Waals surface area contributed by atoms with E-state index in [9.17, 15) is 0 Å². The minimum Gasteiger partial charge on any atom is -0.356 e. The first-order valence-corrected chi connectivity index (χ1v) is 6.38. The van der Waals surface area contributed by atoms with Gasteiger partial charge in [0.1, 0.15) is 24.3 Å². The third-order valence-electron chi connectivity index (χ3n) is 3.51. The molecule has 3 heterocycles. The second-order valence-electron chi connectivity index (χ2n) is 4.87. The largest absolute Gasteiger partial charge is 0.356 e. The summed E-state index contributed by atoms with van der Waals surface area (Å²) in [4.78, 5) is 15.0. The molecule has 1 saturated heterocycles. The zero-order valence-electron chi connectivity index (χ0n) is 10.5. The fraction of sp³-hybridized carbons (Fsp3) is 0.462. The van der Waals surface area contributed by atoms with Crippen LogP contribution in [0.4, 0.5) is 5.82 Å². The second kappa shape index (κ2) is 4.76. The Hall–Kier alpha value is -1.91. The van der Waals surface area contributed by atoms with Gasteiger partial charge in [-0.1, -0.05) is 6.92 Å². The molecule has 0 saturated carbocycles. The smallest absolute Gasteiger partial charge is 0.143 e. The summed E-state index contributed by atoms with van der Waals surface area (Å²) in [6, 6.07) is 2.03. The molecule has 5 heteroatoms. The van der Waals surface area contributed by atoms with Gasteiger partial charge in [-0.15, -0.1) is 0 Å². The summed E-state index contributed by atoms with van der Waals surface area (Å²) < 4.78 is 1.90. The van der Waals surface area contributed by atoms with Crippen molar-refractivity contribution in [3.63, 3.8) is 0 Å². The van der Waals surface area contributed by atoms with Gasteiger partial charge in [-0.2, -0.15) is 0 Å². The summed E-state index contributed by atoms with van der Waals surface area (Å²) in [7, 11) is 0. The topological polar surface area (TPSA) is 46.8 Å². The van der Waals surface area contributed by atoms with Crippen LogP contribution in [0, 0.1) is 5.92 Å². The van der Waals surface area contributed by atoms with Crippen molar-refractivity contribution in [3.8, 4) is 5.82 Å². The van der Waals surface area contributed by atoms with E-state index in [0.717, 1.165) is 30.6 Å². The van der Waals surface area contributed by atoms with Crippen molar-refractivity contribution in [3.05, 3.63) is 31.1 Å². The fourth-order valence-electron chi connectivity index (χ4n) is 2.28. The molecule has 2 aromatic heterocycles. The van der Waals surface area contributed by atoms with E-state index in [0.29, 0.717) is 0 Å². The standard InChI is InChI=1S/C13H17N5/c1-11-2-5-17(6-3-11)12-8-13(16-9-15-12)18-7-4-14-10-18/h4,7-11H,2-3,5-6H2,1H3. The van der Waals surface area contributed by atoms with Crippen molar-refractivity contribution in [2.24, 2.45) is 5.92 Å². The number of rotatable bonds is 2. The molecule has 1 aliphatic heterocycles. The first-order valence-electron chi connectivity index (χ1n) is 6.38.